The Hall–Kier alpha value is -0.0732. The molecule has 4 nitrogen and oxygen atoms in total. The van der Waals surface area contributed by atoms with Gasteiger partial charge < -0.3 is 34.0 Å². The summed E-state index contributed by atoms with van der Waals surface area (Å²) in [6, 6.07) is 0. The van der Waals surface area contributed by atoms with Gasteiger partial charge in [0, 0.05) is 0 Å². The monoisotopic (exact) mass is 350 g/mol. The molecule has 0 aromatic heterocycles. The van der Waals surface area contributed by atoms with Gasteiger partial charge in [0.05, 0.1) is 0 Å². The number of hydrogen-bond donors (Lipinski definition) is 0. The maximum atomic E-state index is 7.75. The minimum atomic E-state index is 0. The first kappa shape index (κ1) is 92.4. The van der Waals surface area contributed by atoms with E-state index in [1.54, 1.807) is 0 Å². The van der Waals surface area contributed by atoms with Crippen molar-refractivity contribution in [3.05, 3.63) is 14.9 Å². The van der Waals surface area contributed by atoms with E-state index in [1.807, 2.05) is 0 Å². The zero-order chi connectivity index (χ0) is 8.00. The Morgan fingerprint density at radius 1 is 0.500 bits per heavy atom. The van der Waals surface area contributed by atoms with E-state index in [0.29, 0.717) is 0 Å². The molecule has 0 saturated carbocycles. The topological polar surface area (TPSA) is 68.3 Å². The summed E-state index contributed by atoms with van der Waals surface area (Å²) in [5.74, 6) is 0. The van der Waals surface area contributed by atoms with Gasteiger partial charge in [-0.15, -0.1) is 0 Å². The van der Waals surface area contributed by atoms with E-state index >= 15 is 0 Å². The Bertz CT molecular complexity index is 25.5. The molecule has 0 heterocycles. The molecule has 0 atom stereocenters. The van der Waals surface area contributed by atoms with Gasteiger partial charge in [-0.1, -0.05) is 0 Å². The molecule has 0 spiro atoms. The first-order chi connectivity index (χ1) is 4.00. The Balaban J connectivity index is -0.00000000267. The van der Waals surface area contributed by atoms with Crippen LogP contribution in [0.4, 0.5) is 0 Å². The van der Waals surface area contributed by atoms with E-state index in [1.165, 1.54) is 0 Å². The van der Waals surface area contributed by atoms with Crippen molar-refractivity contribution in [1.29, 1.82) is 0 Å². The van der Waals surface area contributed by atoms with Gasteiger partial charge in [-0.2, -0.15) is 0 Å². The molecule has 0 aromatic rings. The third kappa shape index (κ3) is 147000. The molecule has 1 radical (unpaired) electrons. The summed E-state index contributed by atoms with van der Waals surface area (Å²) >= 11 is 0. The second-order valence-corrected chi connectivity index (χ2v) is 0. The average Bonchev–Trinajstić information content (AvgIpc) is 2.03. The van der Waals surface area contributed by atoms with Crippen molar-refractivity contribution in [3.8, 4) is 0 Å². The zero-order valence-corrected chi connectivity index (χ0v) is 10.1. The van der Waals surface area contributed by atoms with Crippen molar-refractivity contribution in [2.75, 3.05) is 0 Å². The molecule has 0 aliphatic rings. The van der Waals surface area contributed by atoms with E-state index < -0.39 is 0 Å². The predicted molar refractivity (Wildman–Crippen MR) is 39.8 cm³/mol. The maximum Gasteiger partial charge on any atom is 4.00 e. The first-order valence-electron chi connectivity index (χ1n) is 0.943. The van der Waals surface area contributed by atoms with Gasteiger partial charge in [0.1, 0.15) is 0 Å². The van der Waals surface area contributed by atoms with Gasteiger partial charge in [0.15, 0.2) is 0 Å². The number of carbonyl (C=O) groups excluding carboxylic acids is 4. The van der Waals surface area contributed by atoms with Crippen LogP contribution < -0.4 is 0 Å². The molecule has 0 unspecified atom stereocenters. The fraction of sp³-hybridized carbons (Fsp3) is 0. The van der Waals surface area contributed by atoms with Crippen LogP contribution in [-0.2, 0) is 58.1 Å². The van der Waals surface area contributed by atoms with Gasteiger partial charge in [0.25, 0.3) is 0 Å². The van der Waals surface area contributed by atoms with Crippen molar-refractivity contribution < 1.29 is 58.1 Å². The minimum Gasteiger partial charge on any atom is -0.545 e. The summed E-state index contributed by atoms with van der Waals surface area (Å²) in [5, 5.41) is 0. The van der Waals surface area contributed by atoms with Crippen LogP contribution in [0.2, 0.25) is 0 Å². The maximum absolute atomic E-state index is 7.75. The molecular weight excluding hydrogens is 338 g/mol. The molecule has 0 N–H and O–H groups in total. The molecule has 0 amide bonds. The molecule has 0 aliphatic carbocycles. The summed E-state index contributed by atoms with van der Waals surface area (Å²) in [5.41, 5.74) is 0. The van der Waals surface area contributed by atoms with Crippen LogP contribution in [0.15, 0.2) is 0 Å². The summed E-state index contributed by atoms with van der Waals surface area (Å²) in [6.45, 7) is 13.0. The van der Waals surface area contributed by atoms with Crippen LogP contribution in [0.3, 0.4) is 0 Å². The van der Waals surface area contributed by atoms with Crippen LogP contribution in [0, 0.1) is 14.9 Å². The van der Waals surface area contributed by atoms with Crippen LogP contribution in [0.5, 0.6) is 0 Å². The van der Waals surface area contributed by atoms with Crippen LogP contribution >= 0.6 is 0 Å². The third-order valence-corrected chi connectivity index (χ3v) is 0. The fourth-order valence-electron chi connectivity index (χ4n) is 0. The van der Waals surface area contributed by atoms with E-state index in [-0.39, 0.29) is 53.8 Å². The number of hydrogen-bond acceptors (Lipinski definition) is 4. The van der Waals surface area contributed by atoms with Gasteiger partial charge in [-0.05, 0) is 0 Å². The zero-order valence-electron chi connectivity index (χ0n) is 6.65. The molecule has 0 bridgehead atoms. The second kappa shape index (κ2) is 201000. The summed E-state index contributed by atoms with van der Waals surface area (Å²) in [7, 11) is 0. The van der Waals surface area contributed by atoms with Crippen molar-refractivity contribution >= 4 is 27.2 Å². The van der Waals surface area contributed by atoms with Crippen molar-refractivity contribution in [1.82, 2.24) is 0 Å². The SMILES string of the molecule is [CH-]=O.[CH-]=O.[CH-]=O.[CH-]=O.[CH3-].[CH3-].[Ru+3].[Ru+4]. The fourth-order valence-corrected chi connectivity index (χ4v) is 0. The van der Waals surface area contributed by atoms with E-state index in [4.69, 9.17) is 19.2 Å². The Morgan fingerprint density at radius 3 is 0.500 bits per heavy atom. The van der Waals surface area contributed by atoms with E-state index in [9.17, 15) is 0 Å². The molecule has 73 valence electrons. The first-order valence-corrected chi connectivity index (χ1v) is 0.943. The Labute approximate surface area is 100 Å². The van der Waals surface area contributed by atoms with Crippen LogP contribution in [-0.4, -0.2) is 27.2 Å². The van der Waals surface area contributed by atoms with Crippen molar-refractivity contribution in [2.45, 2.75) is 0 Å². The quantitative estimate of drug-likeness (QED) is 0.345. The largest absolute Gasteiger partial charge is 4.00 e. The molecule has 0 aromatic carbocycles. The average molecular weight is 348 g/mol. The van der Waals surface area contributed by atoms with E-state index in [0.717, 1.165) is 0 Å². The standard InChI is InChI=1S/4CHO.2CH3.2Ru/c4*1-2;;;;/h4*1H;2*1H3;;/q6*-1;+3;+4. The molecule has 12 heavy (non-hydrogen) atoms. The molecule has 0 aliphatic heterocycles. The van der Waals surface area contributed by atoms with Gasteiger partial charge in [0.2, 0.25) is 0 Å². The Kier molecular flexibility index (Phi) is 1540000. The summed E-state index contributed by atoms with van der Waals surface area (Å²) < 4.78 is 0. The van der Waals surface area contributed by atoms with Gasteiger partial charge in [-0.25, -0.2) is 0 Å². The van der Waals surface area contributed by atoms with Crippen LogP contribution in [0.25, 0.3) is 0 Å². The molecule has 6 heteroatoms. The molecule has 0 rings (SSSR count). The Morgan fingerprint density at radius 2 is 0.500 bits per heavy atom. The second-order valence-electron chi connectivity index (χ2n) is 0. The smallest absolute Gasteiger partial charge is 0.545 e. The summed E-state index contributed by atoms with van der Waals surface area (Å²) in [4.78, 5) is 31.0. The predicted octanol–water partition coefficient (Wildman–Crippen LogP) is -0.201. The molecule has 0 fully saturated rings. The van der Waals surface area contributed by atoms with Crippen molar-refractivity contribution in [2.24, 2.45) is 0 Å². The molecule has 0 saturated heterocycles. The normalized spacial score (nSPS) is 1.33. The van der Waals surface area contributed by atoms with Crippen molar-refractivity contribution in [3.63, 3.8) is 0 Å². The van der Waals surface area contributed by atoms with Crippen LogP contribution in [0.1, 0.15) is 0 Å². The van der Waals surface area contributed by atoms with Gasteiger partial charge >= 0.3 is 39.0 Å². The molecular formula is C6H10O4Ru2+. The van der Waals surface area contributed by atoms with Gasteiger partial charge in [-0.3, -0.25) is 27.2 Å². The minimum absolute atomic E-state index is 0. The van der Waals surface area contributed by atoms with E-state index in [2.05, 4.69) is 27.2 Å². The summed E-state index contributed by atoms with van der Waals surface area (Å²) in [6.07, 6.45) is 0. The number of rotatable bonds is 0. The third-order valence-electron chi connectivity index (χ3n) is 0.